The molecule has 0 aliphatic rings. The van der Waals surface area contributed by atoms with E-state index < -0.39 is 0 Å². The molecule has 3 N–H and O–H groups in total. The second-order valence-corrected chi connectivity index (χ2v) is 7.56. The summed E-state index contributed by atoms with van der Waals surface area (Å²) in [5, 5.41) is 8.56. The molecule has 0 fully saturated rings. The summed E-state index contributed by atoms with van der Waals surface area (Å²) >= 11 is 0. The van der Waals surface area contributed by atoms with Crippen molar-refractivity contribution in [2.45, 2.75) is 0 Å². The maximum atomic E-state index is 8.56. The highest BCUT2D eigenvalue weighted by atomic mass is 16.6. The third-order valence-corrected chi connectivity index (χ3v) is 4.39. The molecular formula is C25H54N3O13+. The summed E-state index contributed by atoms with van der Waals surface area (Å²) in [5.41, 5.74) is 11.0. The molecule has 0 aromatic heterocycles. The molecule has 0 aliphatic carbocycles. The topological polar surface area (TPSA) is 193 Å². The highest BCUT2D eigenvalue weighted by Gasteiger charge is 1.96. The number of aliphatic hydroxyl groups excluding tert-OH is 1. The van der Waals surface area contributed by atoms with Crippen molar-refractivity contribution in [1.82, 2.24) is 4.91 Å². The molecular weight excluding hydrogens is 550 g/mol. The second kappa shape index (κ2) is 43.2. The molecule has 0 unspecified atom stereocenters. The number of ether oxygens (including phenoxy) is 12. The molecule has 0 spiro atoms. The van der Waals surface area contributed by atoms with Gasteiger partial charge in [-0.15, -0.1) is 0 Å². The normalized spacial score (nSPS) is 10.9. The van der Waals surface area contributed by atoms with Crippen LogP contribution in [0.4, 0.5) is 0 Å². The van der Waals surface area contributed by atoms with E-state index in [9.17, 15) is 0 Å². The minimum Gasteiger partial charge on any atom is -0.394 e. The van der Waals surface area contributed by atoms with E-state index >= 15 is 0 Å². The SMILES string of the molecule is COCCOCCOCCOCCOCCOCCOCCOCCOCCOCCOCCOCCO.N=[N+]=N. The van der Waals surface area contributed by atoms with E-state index in [2.05, 4.69) is 0 Å². The third kappa shape index (κ3) is 46.0. The van der Waals surface area contributed by atoms with Gasteiger partial charge in [-0.3, -0.25) is 0 Å². The van der Waals surface area contributed by atoms with Gasteiger partial charge in [0.1, 0.15) is 11.1 Å². The molecule has 16 heteroatoms. The van der Waals surface area contributed by atoms with Crippen LogP contribution in [0.5, 0.6) is 0 Å². The Morgan fingerprint density at radius 2 is 0.488 bits per heavy atom. The molecule has 0 aromatic carbocycles. The molecule has 0 bridgehead atoms. The van der Waals surface area contributed by atoms with Gasteiger partial charge in [-0.1, -0.05) is 0 Å². The van der Waals surface area contributed by atoms with Gasteiger partial charge in [0, 0.05) is 7.11 Å². The zero-order chi connectivity index (χ0) is 30.2. The average molecular weight is 605 g/mol. The highest BCUT2D eigenvalue weighted by molar-refractivity contribution is 4.39. The summed E-state index contributed by atoms with van der Waals surface area (Å²) in [4.78, 5) is 2.00. The monoisotopic (exact) mass is 604 g/mol. The molecule has 0 atom stereocenters. The Hall–Kier alpha value is -1.21. The lowest BCUT2D eigenvalue weighted by Gasteiger charge is -2.09. The lowest BCUT2D eigenvalue weighted by molar-refractivity contribution is -0.0283. The molecule has 0 saturated heterocycles. The number of methoxy groups -OCH3 is 1. The Morgan fingerprint density at radius 3 is 0.634 bits per heavy atom. The van der Waals surface area contributed by atoms with Crippen molar-refractivity contribution in [3.05, 3.63) is 0 Å². The van der Waals surface area contributed by atoms with Crippen molar-refractivity contribution in [2.75, 3.05) is 166 Å². The van der Waals surface area contributed by atoms with E-state index in [-0.39, 0.29) is 6.61 Å². The summed E-state index contributed by atoms with van der Waals surface area (Å²) in [6.45, 7) is 11.8. The van der Waals surface area contributed by atoms with Crippen LogP contribution in [0.3, 0.4) is 0 Å². The molecule has 0 radical (unpaired) electrons. The fraction of sp³-hybridized carbons (Fsp3) is 1.00. The van der Waals surface area contributed by atoms with Gasteiger partial charge in [-0.2, -0.15) is 0 Å². The predicted octanol–water partition coefficient (Wildman–Crippen LogP) is -0.0768. The lowest BCUT2D eigenvalue weighted by atomic mass is 10.6. The summed E-state index contributed by atoms with van der Waals surface area (Å²) in [6.07, 6.45) is 0. The summed E-state index contributed by atoms with van der Waals surface area (Å²) in [7, 11) is 1.64. The van der Waals surface area contributed by atoms with Crippen LogP contribution in [0.25, 0.3) is 0 Å². The average Bonchev–Trinajstić information content (AvgIpc) is 2.98. The fourth-order valence-corrected chi connectivity index (χ4v) is 2.51. The first-order valence-corrected chi connectivity index (χ1v) is 13.8. The molecule has 246 valence electrons. The molecule has 0 heterocycles. The summed E-state index contributed by atoms with van der Waals surface area (Å²) < 4.78 is 64.0. The van der Waals surface area contributed by atoms with E-state index in [1.54, 1.807) is 7.11 Å². The number of hydrogen-bond acceptors (Lipinski definition) is 15. The fourth-order valence-electron chi connectivity index (χ4n) is 2.51. The largest absolute Gasteiger partial charge is 0.394 e. The number of nitrogens with one attached hydrogen (secondary N) is 2. The Kier molecular flexibility index (Phi) is 44.2. The number of hydrogen-bond donors (Lipinski definition) is 3. The lowest BCUT2D eigenvalue weighted by Crippen LogP contribution is -2.15. The minimum absolute atomic E-state index is 0.0269. The number of aliphatic hydroxyl groups is 1. The Labute approximate surface area is 244 Å². The minimum atomic E-state index is 0.0269. The van der Waals surface area contributed by atoms with Crippen LogP contribution in [0.2, 0.25) is 0 Å². The van der Waals surface area contributed by atoms with Crippen LogP contribution < -0.4 is 4.91 Å². The van der Waals surface area contributed by atoms with Crippen molar-refractivity contribution in [2.24, 2.45) is 0 Å². The number of nitrogens with zero attached hydrogens (tertiary/aromatic N) is 1. The van der Waals surface area contributed by atoms with Gasteiger partial charge < -0.3 is 61.9 Å². The van der Waals surface area contributed by atoms with E-state index in [0.717, 1.165) is 0 Å². The van der Waals surface area contributed by atoms with Crippen LogP contribution in [0.15, 0.2) is 0 Å². The molecule has 41 heavy (non-hydrogen) atoms. The van der Waals surface area contributed by atoms with Crippen LogP contribution in [-0.2, 0) is 56.8 Å². The van der Waals surface area contributed by atoms with E-state index in [1.165, 1.54) is 0 Å². The van der Waals surface area contributed by atoms with Crippen molar-refractivity contribution in [3.8, 4) is 0 Å². The van der Waals surface area contributed by atoms with Crippen molar-refractivity contribution in [1.29, 1.82) is 11.1 Å². The standard InChI is InChI=1S/C25H52O13.H2N3/c1-27-4-5-29-8-9-31-12-13-33-16-17-35-20-21-37-24-25-38-23-22-36-19-18-34-15-14-32-11-10-30-7-6-28-3-2-26;1-3-2/h26H,2-25H2,1H3;1-2H/q;+1. The quantitative estimate of drug-likeness (QED) is 0.0495. The first kappa shape index (κ1) is 41.9. The Balaban J connectivity index is 0. The molecule has 16 nitrogen and oxygen atoms in total. The van der Waals surface area contributed by atoms with Gasteiger partial charge in [0.15, 0.2) is 0 Å². The van der Waals surface area contributed by atoms with Crippen molar-refractivity contribution < 1.29 is 61.9 Å². The van der Waals surface area contributed by atoms with E-state index in [0.29, 0.717) is 152 Å². The third-order valence-electron chi connectivity index (χ3n) is 4.39. The maximum absolute atomic E-state index is 8.56. The Bertz CT molecular complexity index is 458. The van der Waals surface area contributed by atoms with Crippen LogP contribution >= 0.6 is 0 Å². The van der Waals surface area contributed by atoms with Gasteiger partial charge >= 0.3 is 0 Å². The molecule has 0 aliphatic heterocycles. The molecule has 0 rings (SSSR count). The summed E-state index contributed by atoms with van der Waals surface area (Å²) in [5.74, 6) is 0. The van der Waals surface area contributed by atoms with E-state index in [1.807, 2.05) is 4.91 Å². The maximum Gasteiger partial charge on any atom is 0.211 e. The molecule has 0 saturated carbocycles. The molecule has 0 amide bonds. The first-order valence-electron chi connectivity index (χ1n) is 13.8. The van der Waals surface area contributed by atoms with Crippen LogP contribution in [0, 0.1) is 11.1 Å². The first-order chi connectivity index (χ1) is 20.3. The van der Waals surface area contributed by atoms with Gasteiger partial charge in [0.25, 0.3) is 0 Å². The highest BCUT2D eigenvalue weighted by Crippen LogP contribution is 1.87. The predicted molar refractivity (Wildman–Crippen MR) is 146 cm³/mol. The van der Waals surface area contributed by atoms with Crippen LogP contribution in [-0.4, -0.2) is 171 Å². The Morgan fingerprint density at radius 1 is 0.341 bits per heavy atom. The van der Waals surface area contributed by atoms with Crippen molar-refractivity contribution >= 4 is 0 Å². The molecule has 0 aromatic rings. The van der Waals surface area contributed by atoms with Crippen LogP contribution in [0.1, 0.15) is 0 Å². The smallest absolute Gasteiger partial charge is 0.211 e. The van der Waals surface area contributed by atoms with Crippen molar-refractivity contribution in [3.63, 3.8) is 0 Å². The van der Waals surface area contributed by atoms with E-state index in [4.69, 9.17) is 73.0 Å². The number of rotatable bonds is 35. The van der Waals surface area contributed by atoms with Gasteiger partial charge in [-0.05, 0) is 0 Å². The zero-order valence-corrected chi connectivity index (χ0v) is 24.8. The van der Waals surface area contributed by atoms with Gasteiger partial charge in [-0.25, -0.2) is 0 Å². The second-order valence-electron chi connectivity index (χ2n) is 7.56. The zero-order valence-electron chi connectivity index (χ0n) is 24.8. The summed E-state index contributed by atoms with van der Waals surface area (Å²) in [6, 6.07) is 0. The van der Waals surface area contributed by atoms with Gasteiger partial charge in [0.2, 0.25) is 4.91 Å². The van der Waals surface area contributed by atoms with Gasteiger partial charge in [0.05, 0.1) is 159 Å².